The van der Waals surface area contributed by atoms with Crippen LogP contribution in [0.25, 0.3) is 0 Å². The number of rotatable bonds is 6. The lowest BCUT2D eigenvalue weighted by Crippen LogP contribution is -2.56. The zero-order valence-electron chi connectivity index (χ0n) is 12.0. The zero-order valence-corrected chi connectivity index (χ0v) is 12.0. The maximum atomic E-state index is 13.1. The molecule has 1 aliphatic heterocycles. The number of nitrogens with one attached hydrogen (secondary N) is 3. The molecule has 0 radical (unpaired) electrons. The topological polar surface area (TPSA) is 79.5 Å². The Labute approximate surface area is 120 Å². The standard InChI is InChI=1S/C12H20F3N3O3/c1-8(9(19)17-5-6-21-2)18-10(20)11(12(13,14)15)3-4-16-7-11/h8,16H,3-7H2,1-2H3,(H,17,19)(H,18,20). The average Bonchev–Trinajstić information content (AvgIpc) is 2.88. The molecule has 1 aliphatic rings. The number of ether oxygens (including phenoxy) is 1. The molecule has 2 amide bonds. The summed E-state index contributed by atoms with van der Waals surface area (Å²) in [5.41, 5.74) is -2.46. The van der Waals surface area contributed by atoms with Crippen molar-refractivity contribution in [3.05, 3.63) is 0 Å². The van der Waals surface area contributed by atoms with Crippen molar-refractivity contribution in [1.29, 1.82) is 0 Å². The second-order valence-corrected chi connectivity index (χ2v) is 4.99. The van der Waals surface area contributed by atoms with Crippen molar-refractivity contribution in [2.45, 2.75) is 25.6 Å². The Kier molecular flexibility index (Phi) is 5.97. The SMILES string of the molecule is COCCNC(=O)C(C)NC(=O)C1(C(F)(F)F)CCNC1. The van der Waals surface area contributed by atoms with Gasteiger partial charge in [-0.1, -0.05) is 0 Å². The Balaban J connectivity index is 2.64. The van der Waals surface area contributed by atoms with Crippen LogP contribution in [-0.4, -0.2) is 57.4 Å². The van der Waals surface area contributed by atoms with Crippen LogP contribution in [0, 0.1) is 5.41 Å². The highest BCUT2D eigenvalue weighted by atomic mass is 19.4. The van der Waals surface area contributed by atoms with Gasteiger partial charge in [0.05, 0.1) is 6.61 Å². The van der Waals surface area contributed by atoms with Gasteiger partial charge in [0.15, 0.2) is 5.41 Å². The van der Waals surface area contributed by atoms with Gasteiger partial charge in [-0.3, -0.25) is 9.59 Å². The highest BCUT2D eigenvalue weighted by molar-refractivity contribution is 5.90. The number of hydrogen-bond donors (Lipinski definition) is 3. The second-order valence-electron chi connectivity index (χ2n) is 4.99. The van der Waals surface area contributed by atoms with Crippen LogP contribution in [0.4, 0.5) is 13.2 Å². The molecule has 1 saturated heterocycles. The molecule has 2 unspecified atom stereocenters. The minimum atomic E-state index is -4.66. The van der Waals surface area contributed by atoms with Gasteiger partial charge in [-0.2, -0.15) is 13.2 Å². The molecule has 0 spiro atoms. The van der Waals surface area contributed by atoms with Gasteiger partial charge in [0.1, 0.15) is 6.04 Å². The predicted octanol–water partition coefficient (Wildman–Crippen LogP) is -0.204. The Morgan fingerprint density at radius 1 is 1.43 bits per heavy atom. The molecule has 122 valence electrons. The molecule has 1 heterocycles. The van der Waals surface area contributed by atoms with Gasteiger partial charge in [-0.25, -0.2) is 0 Å². The molecule has 0 aromatic heterocycles. The van der Waals surface area contributed by atoms with Crippen molar-refractivity contribution in [1.82, 2.24) is 16.0 Å². The second kappa shape index (κ2) is 7.08. The van der Waals surface area contributed by atoms with Gasteiger partial charge < -0.3 is 20.7 Å². The van der Waals surface area contributed by atoms with E-state index in [1.54, 1.807) is 0 Å². The van der Waals surface area contributed by atoms with Crippen LogP contribution >= 0.6 is 0 Å². The van der Waals surface area contributed by atoms with Crippen LogP contribution in [-0.2, 0) is 14.3 Å². The molecule has 0 bridgehead atoms. The number of methoxy groups -OCH3 is 1. The minimum Gasteiger partial charge on any atom is -0.383 e. The predicted molar refractivity (Wildman–Crippen MR) is 68.5 cm³/mol. The monoisotopic (exact) mass is 311 g/mol. The fourth-order valence-corrected chi connectivity index (χ4v) is 2.09. The van der Waals surface area contributed by atoms with Gasteiger partial charge in [0, 0.05) is 20.2 Å². The Morgan fingerprint density at radius 3 is 2.57 bits per heavy atom. The third-order valence-corrected chi connectivity index (χ3v) is 3.48. The first-order valence-electron chi connectivity index (χ1n) is 6.59. The van der Waals surface area contributed by atoms with E-state index in [0.29, 0.717) is 0 Å². The third-order valence-electron chi connectivity index (χ3n) is 3.48. The first-order valence-corrected chi connectivity index (χ1v) is 6.59. The van der Waals surface area contributed by atoms with E-state index in [4.69, 9.17) is 4.74 Å². The third kappa shape index (κ3) is 4.07. The Bertz CT molecular complexity index is 382. The molecular weight excluding hydrogens is 291 g/mol. The van der Waals surface area contributed by atoms with Crippen molar-refractivity contribution in [3.63, 3.8) is 0 Å². The maximum Gasteiger partial charge on any atom is 0.404 e. The summed E-state index contributed by atoms with van der Waals surface area (Å²) in [6.45, 7) is 1.48. The summed E-state index contributed by atoms with van der Waals surface area (Å²) in [6, 6.07) is -1.05. The van der Waals surface area contributed by atoms with E-state index in [0.717, 1.165) is 0 Å². The number of amides is 2. The minimum absolute atomic E-state index is 0.112. The molecule has 9 heteroatoms. The van der Waals surface area contributed by atoms with E-state index in [1.807, 2.05) is 0 Å². The summed E-state index contributed by atoms with van der Waals surface area (Å²) in [7, 11) is 1.46. The quantitative estimate of drug-likeness (QED) is 0.593. The largest absolute Gasteiger partial charge is 0.404 e. The highest BCUT2D eigenvalue weighted by Crippen LogP contribution is 2.43. The molecule has 0 aliphatic carbocycles. The number of halogens is 3. The lowest BCUT2D eigenvalue weighted by atomic mass is 9.85. The summed E-state index contributed by atoms with van der Waals surface area (Å²) in [6.07, 6.45) is -4.99. The molecule has 1 rings (SSSR count). The Morgan fingerprint density at radius 2 is 2.10 bits per heavy atom. The lowest BCUT2D eigenvalue weighted by molar-refractivity contribution is -0.216. The van der Waals surface area contributed by atoms with Crippen LogP contribution in [0.5, 0.6) is 0 Å². The summed E-state index contributed by atoms with van der Waals surface area (Å²) in [5.74, 6) is -1.72. The highest BCUT2D eigenvalue weighted by Gasteiger charge is 2.61. The van der Waals surface area contributed by atoms with E-state index in [-0.39, 0.29) is 26.1 Å². The fourth-order valence-electron chi connectivity index (χ4n) is 2.09. The first-order chi connectivity index (χ1) is 9.74. The molecule has 1 fully saturated rings. The van der Waals surface area contributed by atoms with Gasteiger partial charge in [0.2, 0.25) is 11.8 Å². The van der Waals surface area contributed by atoms with Crippen LogP contribution in [0.15, 0.2) is 0 Å². The van der Waals surface area contributed by atoms with Crippen LogP contribution in [0.2, 0.25) is 0 Å². The van der Waals surface area contributed by atoms with Gasteiger partial charge >= 0.3 is 6.18 Å². The van der Waals surface area contributed by atoms with Gasteiger partial charge in [0.25, 0.3) is 0 Å². The van der Waals surface area contributed by atoms with E-state index in [9.17, 15) is 22.8 Å². The molecule has 2 atom stereocenters. The molecule has 6 nitrogen and oxygen atoms in total. The van der Waals surface area contributed by atoms with Crippen molar-refractivity contribution in [2.75, 3.05) is 33.4 Å². The number of carbonyl (C=O) groups is 2. The van der Waals surface area contributed by atoms with Crippen molar-refractivity contribution in [2.24, 2.45) is 5.41 Å². The first kappa shape index (κ1) is 17.7. The van der Waals surface area contributed by atoms with Gasteiger partial charge in [-0.05, 0) is 19.9 Å². The lowest BCUT2D eigenvalue weighted by Gasteiger charge is -2.30. The molecule has 21 heavy (non-hydrogen) atoms. The Hall–Kier alpha value is -1.35. The van der Waals surface area contributed by atoms with Crippen molar-refractivity contribution < 1.29 is 27.5 Å². The average molecular weight is 311 g/mol. The van der Waals surface area contributed by atoms with E-state index in [1.165, 1.54) is 14.0 Å². The van der Waals surface area contributed by atoms with Crippen LogP contribution in [0.3, 0.4) is 0 Å². The van der Waals surface area contributed by atoms with Crippen LogP contribution in [0.1, 0.15) is 13.3 Å². The number of hydrogen-bond acceptors (Lipinski definition) is 4. The van der Waals surface area contributed by atoms with E-state index < -0.39 is 36.0 Å². The fraction of sp³-hybridized carbons (Fsp3) is 0.833. The van der Waals surface area contributed by atoms with Gasteiger partial charge in [-0.15, -0.1) is 0 Å². The molecular formula is C12H20F3N3O3. The molecule has 0 aromatic rings. The normalized spacial score (nSPS) is 23.7. The smallest absolute Gasteiger partial charge is 0.383 e. The summed E-state index contributed by atoms with van der Waals surface area (Å²) in [5, 5.41) is 7.15. The summed E-state index contributed by atoms with van der Waals surface area (Å²) in [4.78, 5) is 23.6. The molecule has 3 N–H and O–H groups in total. The van der Waals surface area contributed by atoms with E-state index >= 15 is 0 Å². The number of alkyl halides is 3. The number of carbonyl (C=O) groups excluding carboxylic acids is 2. The van der Waals surface area contributed by atoms with Crippen molar-refractivity contribution in [3.8, 4) is 0 Å². The van der Waals surface area contributed by atoms with Crippen LogP contribution < -0.4 is 16.0 Å². The summed E-state index contributed by atoms with van der Waals surface area (Å²) < 4.78 is 44.2. The maximum absolute atomic E-state index is 13.1. The molecule has 0 saturated carbocycles. The van der Waals surface area contributed by atoms with Crippen molar-refractivity contribution >= 4 is 11.8 Å². The molecule has 0 aromatic carbocycles. The summed E-state index contributed by atoms with van der Waals surface area (Å²) >= 11 is 0. The zero-order chi connectivity index (χ0) is 16.1. The van der Waals surface area contributed by atoms with E-state index in [2.05, 4.69) is 16.0 Å².